The van der Waals surface area contributed by atoms with Crippen LogP contribution in [0, 0.1) is 13.8 Å². The Balaban J connectivity index is 1.78. The molecule has 0 unspecified atom stereocenters. The van der Waals surface area contributed by atoms with Crippen molar-refractivity contribution in [2.75, 3.05) is 0 Å². The summed E-state index contributed by atoms with van der Waals surface area (Å²) in [6.45, 7) is 4.05. The number of hydrogen-bond donors (Lipinski definition) is 2. The maximum absolute atomic E-state index is 11.7. The molecule has 2 rings (SSSR count). The molecule has 2 N–H and O–H groups in total. The van der Waals surface area contributed by atoms with E-state index in [0.29, 0.717) is 0 Å². The van der Waals surface area contributed by atoms with E-state index in [4.69, 9.17) is 0 Å². The van der Waals surface area contributed by atoms with Gasteiger partial charge in [-0.1, -0.05) is 24.3 Å². The van der Waals surface area contributed by atoms with Crippen LogP contribution in [0.15, 0.2) is 58.3 Å². The van der Waals surface area contributed by atoms with Crippen molar-refractivity contribution in [2.24, 2.45) is 0 Å². The maximum atomic E-state index is 11.7. The molecular formula is C15H16N2OS2. The minimum absolute atomic E-state index is 0.219. The molecule has 0 heterocycles. The SMILES string of the molecule is Cc1cccc(SNC(=O)NSc2cccc(C)c2)c1. The molecule has 0 atom stereocenters. The first-order chi connectivity index (χ1) is 9.63. The zero-order chi connectivity index (χ0) is 14.4. The Bertz CT molecular complexity index is 550. The van der Waals surface area contributed by atoms with Crippen LogP contribution in [0.3, 0.4) is 0 Å². The summed E-state index contributed by atoms with van der Waals surface area (Å²) in [6.07, 6.45) is 0. The van der Waals surface area contributed by atoms with Crippen molar-refractivity contribution < 1.29 is 4.79 Å². The molecule has 2 aromatic rings. The second-order valence-corrected chi connectivity index (χ2v) is 6.13. The van der Waals surface area contributed by atoms with Crippen LogP contribution < -0.4 is 9.44 Å². The van der Waals surface area contributed by atoms with Crippen molar-refractivity contribution in [1.82, 2.24) is 9.44 Å². The standard InChI is InChI=1S/C15H16N2OS2/c1-11-5-3-7-13(9-11)19-16-15(18)17-20-14-8-4-6-12(2)10-14/h3-10H,1-2H3,(H2,16,17,18). The van der Waals surface area contributed by atoms with Crippen LogP contribution in [0.5, 0.6) is 0 Å². The molecular weight excluding hydrogens is 288 g/mol. The number of carbonyl (C=O) groups is 1. The fourth-order valence-corrected chi connectivity index (χ4v) is 2.96. The fraction of sp³-hybridized carbons (Fsp3) is 0.133. The third-order valence-corrected chi connectivity index (χ3v) is 4.06. The number of aryl methyl sites for hydroxylation is 2. The first kappa shape index (κ1) is 14.8. The van der Waals surface area contributed by atoms with Gasteiger partial charge in [-0.05, 0) is 73.1 Å². The summed E-state index contributed by atoms with van der Waals surface area (Å²) in [4.78, 5) is 13.7. The van der Waals surface area contributed by atoms with Gasteiger partial charge >= 0.3 is 6.03 Å². The Morgan fingerprint density at radius 3 is 1.70 bits per heavy atom. The lowest BCUT2D eigenvalue weighted by Crippen LogP contribution is -2.25. The molecule has 0 bridgehead atoms. The summed E-state index contributed by atoms with van der Waals surface area (Å²) in [6, 6.07) is 15.8. The molecule has 0 spiro atoms. The van der Waals surface area contributed by atoms with Gasteiger partial charge in [-0.25, -0.2) is 4.79 Å². The third-order valence-electron chi connectivity index (χ3n) is 2.50. The third kappa shape index (κ3) is 4.83. The van der Waals surface area contributed by atoms with Crippen molar-refractivity contribution in [3.8, 4) is 0 Å². The lowest BCUT2D eigenvalue weighted by atomic mass is 10.2. The summed E-state index contributed by atoms with van der Waals surface area (Å²) in [5.41, 5.74) is 2.35. The molecule has 5 heteroatoms. The molecule has 0 aliphatic heterocycles. The maximum Gasteiger partial charge on any atom is 0.335 e. The van der Waals surface area contributed by atoms with E-state index in [1.165, 1.54) is 35.0 Å². The summed E-state index contributed by atoms with van der Waals surface area (Å²) < 4.78 is 5.51. The first-order valence-electron chi connectivity index (χ1n) is 6.16. The van der Waals surface area contributed by atoms with Crippen LogP contribution in [0.1, 0.15) is 11.1 Å². The van der Waals surface area contributed by atoms with E-state index in [1.807, 2.05) is 62.4 Å². The Kier molecular flexibility index (Phi) is 5.38. The second-order valence-electron chi connectivity index (χ2n) is 4.37. The highest BCUT2D eigenvalue weighted by molar-refractivity contribution is 7.99. The van der Waals surface area contributed by atoms with Gasteiger partial charge in [0.15, 0.2) is 0 Å². The number of urea groups is 1. The minimum Gasteiger partial charge on any atom is -0.277 e. The van der Waals surface area contributed by atoms with E-state index >= 15 is 0 Å². The van der Waals surface area contributed by atoms with Crippen molar-refractivity contribution in [3.05, 3.63) is 59.7 Å². The molecule has 0 fully saturated rings. The molecule has 3 nitrogen and oxygen atoms in total. The Morgan fingerprint density at radius 1 is 0.850 bits per heavy atom. The van der Waals surface area contributed by atoms with E-state index < -0.39 is 0 Å². The Hall–Kier alpha value is -1.59. The van der Waals surface area contributed by atoms with Gasteiger partial charge in [0.25, 0.3) is 0 Å². The Labute approximate surface area is 127 Å². The zero-order valence-corrected chi connectivity index (χ0v) is 13.0. The highest BCUT2D eigenvalue weighted by Gasteiger charge is 2.02. The predicted molar refractivity (Wildman–Crippen MR) is 85.7 cm³/mol. The van der Waals surface area contributed by atoms with E-state index in [9.17, 15) is 4.79 Å². The number of rotatable bonds is 4. The highest BCUT2D eigenvalue weighted by Crippen LogP contribution is 2.17. The van der Waals surface area contributed by atoms with E-state index in [-0.39, 0.29) is 6.03 Å². The van der Waals surface area contributed by atoms with Gasteiger partial charge < -0.3 is 0 Å². The van der Waals surface area contributed by atoms with Crippen LogP contribution in [0.4, 0.5) is 4.79 Å². The quantitative estimate of drug-likeness (QED) is 0.827. The molecule has 20 heavy (non-hydrogen) atoms. The lowest BCUT2D eigenvalue weighted by Gasteiger charge is -2.07. The summed E-state index contributed by atoms with van der Waals surface area (Å²) in [5.74, 6) is 0. The zero-order valence-electron chi connectivity index (χ0n) is 11.3. The average Bonchev–Trinajstić information content (AvgIpc) is 2.43. The number of nitrogens with one attached hydrogen (secondary N) is 2. The molecule has 0 saturated heterocycles. The van der Waals surface area contributed by atoms with E-state index in [0.717, 1.165) is 9.79 Å². The molecule has 2 aromatic carbocycles. The van der Waals surface area contributed by atoms with Crippen LogP contribution >= 0.6 is 23.9 Å². The summed E-state index contributed by atoms with van der Waals surface area (Å²) in [7, 11) is 0. The normalized spacial score (nSPS) is 10.1. The summed E-state index contributed by atoms with van der Waals surface area (Å²) >= 11 is 2.61. The molecule has 2 amide bonds. The van der Waals surface area contributed by atoms with Crippen molar-refractivity contribution in [3.63, 3.8) is 0 Å². The second kappa shape index (κ2) is 7.26. The van der Waals surface area contributed by atoms with Crippen molar-refractivity contribution >= 4 is 29.9 Å². The molecule has 0 aliphatic rings. The highest BCUT2D eigenvalue weighted by atomic mass is 32.2. The van der Waals surface area contributed by atoms with Gasteiger partial charge in [-0.15, -0.1) is 0 Å². The molecule has 0 radical (unpaired) electrons. The smallest absolute Gasteiger partial charge is 0.277 e. The van der Waals surface area contributed by atoms with Crippen molar-refractivity contribution in [1.29, 1.82) is 0 Å². The lowest BCUT2D eigenvalue weighted by molar-refractivity contribution is 0.252. The van der Waals surface area contributed by atoms with Gasteiger partial charge in [0.2, 0.25) is 0 Å². The molecule has 0 saturated carbocycles. The summed E-state index contributed by atoms with van der Waals surface area (Å²) in [5, 5.41) is 0. The van der Waals surface area contributed by atoms with Gasteiger partial charge in [-0.2, -0.15) is 0 Å². The van der Waals surface area contributed by atoms with Gasteiger partial charge in [0, 0.05) is 9.79 Å². The largest absolute Gasteiger partial charge is 0.335 e. The van der Waals surface area contributed by atoms with Gasteiger partial charge in [-0.3, -0.25) is 9.44 Å². The number of carbonyl (C=O) groups excluding carboxylic acids is 1. The predicted octanol–water partition coefficient (Wildman–Crippen LogP) is 4.32. The topological polar surface area (TPSA) is 41.1 Å². The first-order valence-corrected chi connectivity index (χ1v) is 7.80. The average molecular weight is 304 g/mol. The molecule has 104 valence electrons. The van der Waals surface area contributed by atoms with E-state index in [2.05, 4.69) is 9.44 Å². The van der Waals surface area contributed by atoms with Gasteiger partial charge in [0.05, 0.1) is 0 Å². The Morgan fingerprint density at radius 2 is 1.30 bits per heavy atom. The number of amides is 2. The van der Waals surface area contributed by atoms with Crippen molar-refractivity contribution in [2.45, 2.75) is 23.6 Å². The number of hydrogen-bond acceptors (Lipinski definition) is 3. The monoisotopic (exact) mass is 304 g/mol. The number of benzene rings is 2. The van der Waals surface area contributed by atoms with E-state index in [1.54, 1.807) is 0 Å². The molecule has 0 aliphatic carbocycles. The van der Waals surface area contributed by atoms with Gasteiger partial charge in [0.1, 0.15) is 0 Å². The minimum atomic E-state index is -0.219. The van der Waals surface area contributed by atoms with Crippen LogP contribution in [0.2, 0.25) is 0 Å². The fourth-order valence-electron chi connectivity index (χ4n) is 1.59. The molecule has 0 aromatic heterocycles. The van der Waals surface area contributed by atoms with Crippen LogP contribution in [0.25, 0.3) is 0 Å². The van der Waals surface area contributed by atoms with Crippen LogP contribution in [-0.4, -0.2) is 6.03 Å². The van der Waals surface area contributed by atoms with Crippen LogP contribution in [-0.2, 0) is 0 Å².